The van der Waals surface area contributed by atoms with Crippen molar-refractivity contribution in [1.29, 1.82) is 0 Å². The number of ketones is 1. The maximum Gasteiger partial charge on any atom is 0.206 e. The van der Waals surface area contributed by atoms with Crippen LogP contribution in [0.2, 0.25) is 5.02 Å². The molecule has 0 aromatic heterocycles. The lowest BCUT2D eigenvalue weighted by molar-refractivity contribution is -0.112. The number of likely N-dealkylation sites (N-methyl/N-ethyl adjacent to an activating group) is 1. The van der Waals surface area contributed by atoms with Crippen LogP contribution in [0.15, 0.2) is 59.7 Å². The molecule has 0 amide bonds. The van der Waals surface area contributed by atoms with Crippen molar-refractivity contribution in [3.63, 3.8) is 0 Å². The van der Waals surface area contributed by atoms with Crippen LogP contribution in [0.3, 0.4) is 0 Å². The molecule has 0 saturated heterocycles. The lowest BCUT2D eigenvalue weighted by Gasteiger charge is -2.39. The molecule has 23 heavy (non-hydrogen) atoms. The summed E-state index contributed by atoms with van der Waals surface area (Å²) < 4.78 is 0. The first-order valence-corrected chi connectivity index (χ1v) is 7.63. The first-order chi connectivity index (χ1) is 11.1. The van der Waals surface area contributed by atoms with Crippen molar-refractivity contribution in [3.8, 4) is 0 Å². The van der Waals surface area contributed by atoms with Gasteiger partial charge < -0.3 is 0 Å². The maximum atomic E-state index is 11.8. The van der Waals surface area contributed by atoms with E-state index in [1.54, 1.807) is 29.2 Å². The summed E-state index contributed by atoms with van der Waals surface area (Å²) in [5, 5.41) is 8.65. The third-order valence-corrected chi connectivity index (χ3v) is 3.85. The van der Waals surface area contributed by atoms with Crippen molar-refractivity contribution in [2.75, 3.05) is 12.1 Å². The summed E-state index contributed by atoms with van der Waals surface area (Å²) in [6, 6.07) is 17.3. The highest BCUT2D eigenvalue weighted by atomic mass is 35.5. The summed E-state index contributed by atoms with van der Waals surface area (Å²) >= 11 is 5.97. The van der Waals surface area contributed by atoms with E-state index in [1.165, 1.54) is 6.92 Å². The van der Waals surface area contributed by atoms with Crippen LogP contribution in [0.4, 0.5) is 5.69 Å². The summed E-state index contributed by atoms with van der Waals surface area (Å²) in [6.45, 7) is 1.50. The fourth-order valence-corrected chi connectivity index (χ4v) is 2.61. The molecule has 1 heterocycles. The Hall–Kier alpha value is -2.37. The number of nitrogens with one attached hydrogen (secondary N) is 1. The van der Waals surface area contributed by atoms with Gasteiger partial charge in [-0.05, 0) is 29.8 Å². The fraction of sp³-hybridized carbons (Fsp3) is 0.176. The number of rotatable bonds is 3. The molecule has 0 bridgehead atoms. The van der Waals surface area contributed by atoms with Gasteiger partial charge >= 0.3 is 0 Å². The Labute approximate surface area is 140 Å². The SMILES string of the molecule is CC(=O)C1=NN(c2ccc(Cl)cc2)C(c2ccccc2)NN1C. The number of Topliss-reactive ketones (excluding diaryl/α,β-unsaturated/α-hetero) is 1. The Bertz CT molecular complexity index is 730. The third kappa shape index (κ3) is 3.21. The average molecular weight is 329 g/mol. The number of halogens is 1. The molecule has 0 spiro atoms. The van der Waals surface area contributed by atoms with E-state index in [-0.39, 0.29) is 11.9 Å². The largest absolute Gasteiger partial charge is 0.291 e. The summed E-state index contributed by atoms with van der Waals surface area (Å²) in [7, 11) is 1.79. The number of amidine groups is 1. The van der Waals surface area contributed by atoms with E-state index in [1.807, 2.05) is 42.5 Å². The number of benzene rings is 2. The number of hydrogen-bond donors (Lipinski definition) is 1. The van der Waals surface area contributed by atoms with Crippen molar-refractivity contribution >= 4 is 28.9 Å². The molecule has 0 fully saturated rings. The Morgan fingerprint density at radius 1 is 1.13 bits per heavy atom. The molecule has 3 rings (SSSR count). The van der Waals surface area contributed by atoms with Crippen molar-refractivity contribution in [2.45, 2.75) is 13.1 Å². The molecule has 1 unspecified atom stereocenters. The van der Waals surface area contributed by atoms with Crippen LogP contribution in [-0.2, 0) is 4.79 Å². The van der Waals surface area contributed by atoms with Gasteiger partial charge in [0.25, 0.3) is 0 Å². The van der Waals surface area contributed by atoms with E-state index < -0.39 is 0 Å². The molecule has 1 aliphatic rings. The van der Waals surface area contributed by atoms with Crippen molar-refractivity contribution < 1.29 is 4.79 Å². The predicted octanol–water partition coefficient (Wildman–Crippen LogP) is 3.20. The van der Waals surface area contributed by atoms with Crippen LogP contribution in [0.1, 0.15) is 18.7 Å². The minimum absolute atomic E-state index is 0.106. The normalized spacial score (nSPS) is 17.9. The van der Waals surface area contributed by atoms with Gasteiger partial charge in [0.05, 0.1) is 5.69 Å². The average Bonchev–Trinajstić information content (AvgIpc) is 2.56. The van der Waals surface area contributed by atoms with Gasteiger partial charge in [0, 0.05) is 19.0 Å². The summed E-state index contributed by atoms with van der Waals surface area (Å²) in [5.41, 5.74) is 5.19. The number of nitrogens with zero attached hydrogens (tertiary/aromatic N) is 3. The molecule has 2 aromatic carbocycles. The molecule has 1 aliphatic heterocycles. The quantitative estimate of drug-likeness (QED) is 0.940. The number of carbonyl (C=O) groups excluding carboxylic acids is 1. The Balaban J connectivity index is 2.07. The molecule has 1 N–H and O–H groups in total. The highest BCUT2D eigenvalue weighted by molar-refractivity contribution is 6.37. The zero-order chi connectivity index (χ0) is 16.4. The topological polar surface area (TPSA) is 47.9 Å². The van der Waals surface area contributed by atoms with Gasteiger partial charge in [-0.1, -0.05) is 41.9 Å². The van der Waals surface area contributed by atoms with Crippen LogP contribution in [-0.4, -0.2) is 23.7 Å². The molecular weight excluding hydrogens is 312 g/mol. The smallest absolute Gasteiger partial charge is 0.206 e. The predicted molar refractivity (Wildman–Crippen MR) is 92.1 cm³/mol. The van der Waals surface area contributed by atoms with E-state index >= 15 is 0 Å². The summed E-state index contributed by atoms with van der Waals surface area (Å²) in [5.74, 6) is 0.248. The van der Waals surface area contributed by atoms with Crippen molar-refractivity contribution in [3.05, 3.63) is 65.2 Å². The van der Waals surface area contributed by atoms with Gasteiger partial charge in [-0.2, -0.15) is 0 Å². The minimum Gasteiger partial charge on any atom is -0.291 e. The first kappa shape index (κ1) is 15.5. The second-order valence-corrected chi connectivity index (χ2v) is 5.74. The number of carbonyl (C=O) groups is 1. The molecule has 2 aromatic rings. The summed E-state index contributed by atoms with van der Waals surface area (Å²) in [4.78, 5) is 11.8. The lowest BCUT2D eigenvalue weighted by Crippen LogP contribution is -2.54. The van der Waals surface area contributed by atoms with Gasteiger partial charge in [-0.25, -0.2) is 10.4 Å². The van der Waals surface area contributed by atoms with E-state index in [0.717, 1.165) is 11.3 Å². The van der Waals surface area contributed by atoms with E-state index in [9.17, 15) is 4.79 Å². The second kappa shape index (κ2) is 6.40. The second-order valence-electron chi connectivity index (χ2n) is 5.30. The van der Waals surface area contributed by atoms with Gasteiger partial charge in [0.15, 0.2) is 5.78 Å². The highest BCUT2D eigenvalue weighted by Crippen LogP contribution is 2.29. The third-order valence-electron chi connectivity index (χ3n) is 3.60. The molecule has 6 heteroatoms. The standard InChI is InChI=1S/C17H17ClN4O/c1-12(23)16-20-22(15-10-8-14(18)9-11-15)17(19-21(16)2)13-6-4-3-5-7-13/h3-11,17,19H,1-2H3. The number of anilines is 1. The van der Waals surface area contributed by atoms with Crippen molar-refractivity contribution in [2.24, 2.45) is 5.10 Å². The van der Waals surface area contributed by atoms with E-state index in [0.29, 0.717) is 10.9 Å². The molecule has 118 valence electrons. The summed E-state index contributed by atoms with van der Waals surface area (Å²) in [6.07, 6.45) is -0.217. The van der Waals surface area contributed by atoms with Gasteiger partial charge in [0.2, 0.25) is 5.84 Å². The maximum absolute atomic E-state index is 11.8. The molecular formula is C17H17ClN4O. The zero-order valence-electron chi connectivity index (χ0n) is 12.9. The van der Waals surface area contributed by atoms with Crippen LogP contribution in [0.25, 0.3) is 0 Å². The van der Waals surface area contributed by atoms with Crippen LogP contribution >= 0.6 is 11.6 Å². The van der Waals surface area contributed by atoms with Crippen LogP contribution in [0.5, 0.6) is 0 Å². The first-order valence-electron chi connectivity index (χ1n) is 7.25. The molecule has 0 saturated carbocycles. The fourth-order valence-electron chi connectivity index (χ4n) is 2.48. The molecule has 0 aliphatic carbocycles. The van der Waals surface area contributed by atoms with Crippen LogP contribution in [0, 0.1) is 0 Å². The van der Waals surface area contributed by atoms with Gasteiger partial charge in [-0.15, -0.1) is 5.10 Å². The number of hydrazone groups is 1. The Kier molecular flexibility index (Phi) is 4.32. The molecule has 0 radical (unpaired) electrons. The monoisotopic (exact) mass is 328 g/mol. The van der Waals surface area contributed by atoms with Crippen LogP contribution < -0.4 is 10.4 Å². The van der Waals surface area contributed by atoms with Crippen molar-refractivity contribution in [1.82, 2.24) is 10.4 Å². The lowest BCUT2D eigenvalue weighted by atomic mass is 10.1. The number of hydrogen-bond acceptors (Lipinski definition) is 5. The Morgan fingerprint density at radius 2 is 1.78 bits per heavy atom. The van der Waals surface area contributed by atoms with E-state index in [2.05, 4.69) is 10.5 Å². The van der Waals surface area contributed by atoms with Gasteiger partial charge in [0.1, 0.15) is 6.17 Å². The van der Waals surface area contributed by atoms with Gasteiger partial charge in [-0.3, -0.25) is 9.80 Å². The van der Waals surface area contributed by atoms with E-state index in [4.69, 9.17) is 11.6 Å². The minimum atomic E-state index is -0.217. The Morgan fingerprint density at radius 3 is 2.39 bits per heavy atom. The zero-order valence-corrected chi connectivity index (χ0v) is 13.7. The molecule has 5 nitrogen and oxygen atoms in total. The highest BCUT2D eigenvalue weighted by Gasteiger charge is 2.30. The number of hydrazine groups is 1. The molecule has 1 atom stereocenters.